The van der Waals surface area contributed by atoms with Crippen molar-refractivity contribution in [3.8, 4) is 0 Å². The molecule has 4 nitrogen and oxygen atoms in total. The second-order valence-corrected chi connectivity index (χ2v) is 15.2. The number of benzene rings is 2. The molecule has 0 unspecified atom stereocenters. The topological polar surface area (TPSA) is 38.8 Å². The Labute approximate surface area is 195 Å². The highest BCUT2D eigenvalue weighted by Crippen LogP contribution is 2.46. The van der Waals surface area contributed by atoms with Crippen LogP contribution in [0, 0.1) is 0 Å². The quantitative estimate of drug-likeness (QED) is 0.336. The summed E-state index contributed by atoms with van der Waals surface area (Å²) in [5.41, 5.74) is 1.71. The minimum absolute atomic E-state index is 0.0531. The van der Waals surface area contributed by atoms with Crippen molar-refractivity contribution in [2.75, 3.05) is 0 Å². The Morgan fingerprint density at radius 1 is 1.00 bits per heavy atom. The molecule has 174 valence electrons. The molecule has 0 spiro atoms. The first-order valence-electron chi connectivity index (χ1n) is 11.7. The standard InChI is InChI=1S/C27H39NO3Si/c1-8-27(21(2)31-32(6,7)26(3,4)5)24(30-20-23-17-13-10-14-18-23)25(29)28(27)19-22-15-11-9-12-16-22/h9-18,21,24H,8,19-20H2,1-7H3/t21-,24+,27+/m0/s1. The zero-order chi connectivity index (χ0) is 23.6. The van der Waals surface area contributed by atoms with Gasteiger partial charge in [-0.1, -0.05) is 88.4 Å². The Kier molecular flexibility index (Phi) is 7.33. The molecule has 1 fully saturated rings. The predicted octanol–water partition coefficient (Wildman–Crippen LogP) is 6.17. The van der Waals surface area contributed by atoms with Gasteiger partial charge in [-0.15, -0.1) is 0 Å². The van der Waals surface area contributed by atoms with E-state index in [1.54, 1.807) is 0 Å². The molecule has 1 amide bonds. The third kappa shape index (κ3) is 4.70. The third-order valence-corrected chi connectivity index (χ3v) is 12.0. The lowest BCUT2D eigenvalue weighted by Crippen LogP contribution is -2.79. The number of rotatable bonds is 9. The van der Waals surface area contributed by atoms with E-state index < -0.39 is 20.0 Å². The van der Waals surface area contributed by atoms with Crippen molar-refractivity contribution >= 4 is 14.2 Å². The molecule has 32 heavy (non-hydrogen) atoms. The Balaban J connectivity index is 1.90. The number of likely N-dealkylation sites (tertiary alicyclic amines) is 1. The fraction of sp³-hybridized carbons (Fsp3) is 0.519. The van der Waals surface area contributed by atoms with Crippen molar-refractivity contribution in [1.82, 2.24) is 4.90 Å². The predicted molar refractivity (Wildman–Crippen MR) is 133 cm³/mol. The zero-order valence-electron chi connectivity index (χ0n) is 20.7. The van der Waals surface area contributed by atoms with Crippen LogP contribution in [0.1, 0.15) is 52.2 Å². The van der Waals surface area contributed by atoms with Crippen LogP contribution in [0.5, 0.6) is 0 Å². The largest absolute Gasteiger partial charge is 0.412 e. The monoisotopic (exact) mass is 453 g/mol. The van der Waals surface area contributed by atoms with Gasteiger partial charge in [0.2, 0.25) is 0 Å². The van der Waals surface area contributed by atoms with Crippen LogP contribution < -0.4 is 0 Å². The lowest BCUT2D eigenvalue weighted by atomic mass is 9.74. The number of carbonyl (C=O) groups excluding carboxylic acids is 1. The van der Waals surface area contributed by atoms with E-state index >= 15 is 0 Å². The summed E-state index contributed by atoms with van der Waals surface area (Å²) in [7, 11) is -2.03. The maximum atomic E-state index is 13.4. The van der Waals surface area contributed by atoms with Crippen molar-refractivity contribution in [2.24, 2.45) is 0 Å². The van der Waals surface area contributed by atoms with Crippen molar-refractivity contribution in [2.45, 2.75) is 90.1 Å². The number of amides is 1. The molecule has 0 bridgehead atoms. The SMILES string of the molecule is CC[C@@]1([C@H](C)O[Si](C)(C)C(C)(C)C)[C@H](OCc2ccccc2)C(=O)N1Cc1ccccc1. The van der Waals surface area contributed by atoms with Crippen molar-refractivity contribution in [1.29, 1.82) is 0 Å². The van der Waals surface area contributed by atoms with Crippen LogP contribution in [0.15, 0.2) is 60.7 Å². The molecule has 0 saturated carbocycles. The molecular formula is C27H39NO3Si. The van der Waals surface area contributed by atoms with Crippen LogP contribution in [-0.4, -0.2) is 36.9 Å². The molecule has 0 aromatic heterocycles. The fourth-order valence-corrected chi connectivity index (χ4v) is 5.86. The van der Waals surface area contributed by atoms with E-state index in [0.717, 1.165) is 17.5 Å². The molecule has 0 aliphatic carbocycles. The molecule has 0 radical (unpaired) electrons. The Morgan fingerprint density at radius 3 is 2.03 bits per heavy atom. The van der Waals surface area contributed by atoms with Crippen LogP contribution >= 0.6 is 0 Å². The summed E-state index contributed by atoms with van der Waals surface area (Å²) >= 11 is 0. The lowest BCUT2D eigenvalue weighted by Gasteiger charge is -2.60. The van der Waals surface area contributed by atoms with E-state index in [0.29, 0.717) is 13.2 Å². The van der Waals surface area contributed by atoms with Gasteiger partial charge in [-0.2, -0.15) is 0 Å². The van der Waals surface area contributed by atoms with Gasteiger partial charge < -0.3 is 14.1 Å². The normalized spacial score (nSPS) is 22.5. The van der Waals surface area contributed by atoms with Crippen LogP contribution in [0.2, 0.25) is 18.1 Å². The second-order valence-electron chi connectivity index (χ2n) is 10.5. The number of hydrogen-bond acceptors (Lipinski definition) is 3. The number of β-lactam (4-membered cyclic amide) rings is 1. The maximum Gasteiger partial charge on any atom is 0.255 e. The molecule has 0 N–H and O–H groups in total. The van der Waals surface area contributed by atoms with E-state index in [4.69, 9.17) is 9.16 Å². The van der Waals surface area contributed by atoms with Gasteiger partial charge in [0.05, 0.1) is 12.7 Å². The minimum atomic E-state index is -2.03. The van der Waals surface area contributed by atoms with E-state index in [-0.39, 0.29) is 17.0 Å². The second kappa shape index (κ2) is 9.50. The molecule has 5 heteroatoms. The summed E-state index contributed by atoms with van der Waals surface area (Å²) < 4.78 is 13.2. The average molecular weight is 454 g/mol. The summed E-state index contributed by atoms with van der Waals surface area (Å²) in [4.78, 5) is 15.4. The van der Waals surface area contributed by atoms with Crippen LogP contribution in [0.3, 0.4) is 0 Å². The Bertz CT molecular complexity index is 894. The van der Waals surface area contributed by atoms with Crippen LogP contribution in [0.25, 0.3) is 0 Å². The molecule has 1 saturated heterocycles. The minimum Gasteiger partial charge on any atom is -0.412 e. The first-order valence-corrected chi connectivity index (χ1v) is 14.6. The highest BCUT2D eigenvalue weighted by molar-refractivity contribution is 6.74. The molecule has 1 aliphatic rings. The summed E-state index contributed by atoms with van der Waals surface area (Å²) in [6.45, 7) is 16.6. The third-order valence-electron chi connectivity index (χ3n) is 7.44. The van der Waals surface area contributed by atoms with Gasteiger partial charge in [0.1, 0.15) is 5.54 Å². The molecule has 2 aromatic carbocycles. The number of hydrogen-bond donors (Lipinski definition) is 0. The number of nitrogens with zero attached hydrogens (tertiary/aromatic N) is 1. The van der Waals surface area contributed by atoms with E-state index in [2.05, 4.69) is 59.8 Å². The summed E-state index contributed by atoms with van der Waals surface area (Å²) in [6, 6.07) is 20.3. The van der Waals surface area contributed by atoms with Gasteiger partial charge in [0.15, 0.2) is 14.4 Å². The van der Waals surface area contributed by atoms with Gasteiger partial charge in [0, 0.05) is 6.54 Å². The molecule has 3 rings (SSSR count). The van der Waals surface area contributed by atoms with Gasteiger partial charge in [0.25, 0.3) is 5.91 Å². The van der Waals surface area contributed by atoms with Gasteiger partial charge in [-0.25, -0.2) is 0 Å². The summed E-state index contributed by atoms with van der Waals surface area (Å²) in [5, 5.41) is 0.0919. The van der Waals surface area contributed by atoms with E-state index in [1.807, 2.05) is 53.4 Å². The van der Waals surface area contributed by atoms with Crippen LogP contribution in [0.4, 0.5) is 0 Å². The summed E-state index contributed by atoms with van der Waals surface area (Å²) in [6.07, 6.45) is 0.146. The van der Waals surface area contributed by atoms with Crippen molar-refractivity contribution < 1.29 is 14.0 Å². The highest BCUT2D eigenvalue weighted by atomic mass is 28.4. The first-order chi connectivity index (χ1) is 15.0. The van der Waals surface area contributed by atoms with Gasteiger partial charge >= 0.3 is 0 Å². The smallest absolute Gasteiger partial charge is 0.255 e. The lowest BCUT2D eigenvalue weighted by molar-refractivity contribution is -0.216. The van der Waals surface area contributed by atoms with Crippen LogP contribution in [-0.2, 0) is 27.1 Å². The summed E-state index contributed by atoms with van der Waals surface area (Å²) in [5.74, 6) is 0.0531. The highest BCUT2D eigenvalue weighted by Gasteiger charge is 2.64. The molecule has 2 aromatic rings. The first kappa shape index (κ1) is 24.7. The van der Waals surface area contributed by atoms with Crippen molar-refractivity contribution in [3.63, 3.8) is 0 Å². The molecular weight excluding hydrogens is 414 g/mol. The van der Waals surface area contributed by atoms with Crippen molar-refractivity contribution in [3.05, 3.63) is 71.8 Å². The molecule has 1 heterocycles. The molecule has 3 atom stereocenters. The van der Waals surface area contributed by atoms with Gasteiger partial charge in [-0.05, 0) is 42.6 Å². The molecule has 1 aliphatic heterocycles. The Morgan fingerprint density at radius 2 is 1.53 bits per heavy atom. The number of carbonyl (C=O) groups is 1. The van der Waals surface area contributed by atoms with E-state index in [1.165, 1.54) is 0 Å². The number of ether oxygens (including phenoxy) is 1. The fourth-order valence-electron chi connectivity index (χ4n) is 4.41. The average Bonchev–Trinajstić information content (AvgIpc) is 2.75. The zero-order valence-corrected chi connectivity index (χ0v) is 21.7. The van der Waals surface area contributed by atoms with E-state index in [9.17, 15) is 4.79 Å². The van der Waals surface area contributed by atoms with Gasteiger partial charge in [-0.3, -0.25) is 4.79 Å². The maximum absolute atomic E-state index is 13.4. The Hall–Kier alpha value is -1.95.